The van der Waals surface area contributed by atoms with E-state index in [2.05, 4.69) is 10.3 Å². The van der Waals surface area contributed by atoms with E-state index in [1.54, 1.807) is 7.11 Å². The SMILES string of the molecule is COCCOCC(=O)NC1CCCc2nc(-c3ccccc3)ncc21. The molecule has 1 aromatic heterocycles. The van der Waals surface area contributed by atoms with E-state index < -0.39 is 0 Å². The van der Waals surface area contributed by atoms with Gasteiger partial charge in [-0.2, -0.15) is 0 Å². The monoisotopic (exact) mass is 341 g/mol. The third-order valence-corrected chi connectivity index (χ3v) is 4.21. The van der Waals surface area contributed by atoms with Crippen LogP contribution in [0, 0.1) is 0 Å². The first-order valence-corrected chi connectivity index (χ1v) is 8.55. The highest BCUT2D eigenvalue weighted by atomic mass is 16.5. The first-order chi connectivity index (χ1) is 12.3. The highest BCUT2D eigenvalue weighted by Gasteiger charge is 2.24. The number of amides is 1. The van der Waals surface area contributed by atoms with Gasteiger partial charge in [-0.25, -0.2) is 9.97 Å². The fourth-order valence-corrected chi connectivity index (χ4v) is 2.97. The Bertz CT molecular complexity index is 706. The molecule has 1 aliphatic carbocycles. The Balaban J connectivity index is 1.67. The van der Waals surface area contributed by atoms with E-state index in [1.807, 2.05) is 36.5 Å². The zero-order valence-corrected chi connectivity index (χ0v) is 14.4. The van der Waals surface area contributed by atoms with Gasteiger partial charge in [-0.3, -0.25) is 4.79 Å². The van der Waals surface area contributed by atoms with Crippen LogP contribution in [0.15, 0.2) is 36.5 Å². The average Bonchev–Trinajstić information content (AvgIpc) is 2.66. The van der Waals surface area contributed by atoms with Crippen molar-refractivity contribution >= 4 is 5.91 Å². The first-order valence-electron chi connectivity index (χ1n) is 8.55. The number of fused-ring (bicyclic) bond motifs is 1. The second-order valence-corrected chi connectivity index (χ2v) is 6.02. The second kappa shape index (κ2) is 8.69. The van der Waals surface area contributed by atoms with Crippen molar-refractivity contribution in [3.05, 3.63) is 47.8 Å². The molecule has 6 nitrogen and oxygen atoms in total. The van der Waals surface area contributed by atoms with Crippen LogP contribution in [0.1, 0.15) is 30.1 Å². The maximum Gasteiger partial charge on any atom is 0.246 e. The Hall–Kier alpha value is -2.31. The van der Waals surface area contributed by atoms with Gasteiger partial charge in [0.25, 0.3) is 0 Å². The maximum atomic E-state index is 12.1. The molecular weight excluding hydrogens is 318 g/mol. The number of nitrogens with one attached hydrogen (secondary N) is 1. The minimum Gasteiger partial charge on any atom is -0.382 e. The van der Waals surface area contributed by atoms with Crippen LogP contribution in [0.25, 0.3) is 11.4 Å². The van der Waals surface area contributed by atoms with Crippen molar-refractivity contribution in [2.24, 2.45) is 0 Å². The summed E-state index contributed by atoms with van der Waals surface area (Å²) in [5.41, 5.74) is 3.03. The molecule has 0 fully saturated rings. The smallest absolute Gasteiger partial charge is 0.246 e. The third kappa shape index (κ3) is 4.61. The van der Waals surface area contributed by atoms with Gasteiger partial charge in [0.1, 0.15) is 6.61 Å². The van der Waals surface area contributed by atoms with Crippen LogP contribution in [0.2, 0.25) is 0 Å². The molecule has 1 atom stereocenters. The number of methoxy groups -OCH3 is 1. The highest BCUT2D eigenvalue weighted by molar-refractivity contribution is 5.77. The Labute approximate surface area is 147 Å². The molecule has 1 aliphatic rings. The van der Waals surface area contributed by atoms with Gasteiger partial charge >= 0.3 is 0 Å². The van der Waals surface area contributed by atoms with Gasteiger partial charge in [-0.1, -0.05) is 30.3 Å². The second-order valence-electron chi connectivity index (χ2n) is 6.02. The van der Waals surface area contributed by atoms with Crippen LogP contribution in [0.4, 0.5) is 0 Å². The topological polar surface area (TPSA) is 73.3 Å². The summed E-state index contributed by atoms with van der Waals surface area (Å²) in [5, 5.41) is 3.03. The Morgan fingerprint density at radius 1 is 1.28 bits per heavy atom. The Kier molecular flexibility index (Phi) is 6.09. The first kappa shape index (κ1) is 17.5. The molecule has 1 heterocycles. The summed E-state index contributed by atoms with van der Waals surface area (Å²) in [6, 6.07) is 9.88. The number of aryl methyl sites for hydroxylation is 1. The summed E-state index contributed by atoms with van der Waals surface area (Å²) < 4.78 is 10.2. The van der Waals surface area contributed by atoms with Crippen LogP contribution in [0.3, 0.4) is 0 Å². The van der Waals surface area contributed by atoms with Crippen LogP contribution in [-0.4, -0.2) is 42.8 Å². The predicted molar refractivity (Wildman–Crippen MR) is 94.0 cm³/mol. The molecule has 1 unspecified atom stereocenters. The van der Waals surface area contributed by atoms with Gasteiger partial charge < -0.3 is 14.8 Å². The number of carbonyl (C=O) groups excluding carboxylic acids is 1. The summed E-state index contributed by atoms with van der Waals surface area (Å²) in [6.07, 6.45) is 4.65. The van der Waals surface area contributed by atoms with Gasteiger partial charge in [0.15, 0.2) is 5.82 Å². The minimum atomic E-state index is -0.124. The lowest BCUT2D eigenvalue weighted by atomic mass is 9.92. The van der Waals surface area contributed by atoms with Crippen molar-refractivity contribution in [3.8, 4) is 11.4 Å². The maximum absolute atomic E-state index is 12.1. The van der Waals surface area contributed by atoms with Gasteiger partial charge in [0.2, 0.25) is 5.91 Å². The zero-order chi connectivity index (χ0) is 17.5. The summed E-state index contributed by atoms with van der Waals surface area (Å²) in [5.74, 6) is 0.607. The number of carbonyl (C=O) groups is 1. The van der Waals surface area contributed by atoms with Crippen molar-refractivity contribution in [2.45, 2.75) is 25.3 Å². The third-order valence-electron chi connectivity index (χ3n) is 4.21. The molecule has 25 heavy (non-hydrogen) atoms. The highest BCUT2D eigenvalue weighted by Crippen LogP contribution is 2.29. The summed E-state index contributed by atoms with van der Waals surface area (Å²) in [7, 11) is 1.60. The number of hydrogen-bond donors (Lipinski definition) is 1. The zero-order valence-electron chi connectivity index (χ0n) is 14.4. The molecule has 0 radical (unpaired) electrons. The molecule has 0 spiro atoms. The fraction of sp³-hybridized carbons (Fsp3) is 0.421. The van der Waals surface area contributed by atoms with E-state index >= 15 is 0 Å². The van der Waals surface area contributed by atoms with E-state index in [0.29, 0.717) is 13.2 Å². The molecule has 6 heteroatoms. The van der Waals surface area contributed by atoms with Crippen molar-refractivity contribution in [3.63, 3.8) is 0 Å². The number of aromatic nitrogens is 2. The van der Waals surface area contributed by atoms with Crippen LogP contribution in [0.5, 0.6) is 0 Å². The number of rotatable bonds is 7. The van der Waals surface area contributed by atoms with Crippen molar-refractivity contribution in [1.82, 2.24) is 15.3 Å². The number of hydrogen-bond acceptors (Lipinski definition) is 5. The normalized spacial score (nSPS) is 16.3. The summed E-state index contributed by atoms with van der Waals surface area (Å²) >= 11 is 0. The Morgan fingerprint density at radius 2 is 2.12 bits per heavy atom. The van der Waals surface area contributed by atoms with Gasteiger partial charge in [-0.05, 0) is 19.3 Å². The molecule has 0 aliphatic heterocycles. The van der Waals surface area contributed by atoms with Crippen molar-refractivity contribution < 1.29 is 14.3 Å². The van der Waals surface area contributed by atoms with Gasteiger partial charge in [0, 0.05) is 30.1 Å². The van der Waals surface area contributed by atoms with Crippen LogP contribution < -0.4 is 5.32 Å². The van der Waals surface area contributed by atoms with E-state index in [-0.39, 0.29) is 18.6 Å². The fourth-order valence-electron chi connectivity index (χ4n) is 2.97. The van der Waals surface area contributed by atoms with E-state index in [0.717, 1.165) is 41.9 Å². The molecule has 0 saturated heterocycles. The summed E-state index contributed by atoms with van der Waals surface area (Å²) in [6.45, 7) is 0.933. The van der Waals surface area contributed by atoms with Crippen molar-refractivity contribution in [1.29, 1.82) is 0 Å². The van der Waals surface area contributed by atoms with Crippen molar-refractivity contribution in [2.75, 3.05) is 26.9 Å². The van der Waals surface area contributed by atoms with Gasteiger partial charge in [-0.15, -0.1) is 0 Å². The largest absolute Gasteiger partial charge is 0.382 e. The molecule has 3 rings (SSSR count). The van der Waals surface area contributed by atoms with Gasteiger partial charge in [0.05, 0.1) is 19.3 Å². The minimum absolute atomic E-state index is 0.0398. The molecule has 0 bridgehead atoms. The number of benzene rings is 1. The molecule has 132 valence electrons. The van der Waals surface area contributed by atoms with E-state index in [1.165, 1.54) is 0 Å². The molecular formula is C19H23N3O3. The quantitative estimate of drug-likeness (QED) is 0.782. The lowest BCUT2D eigenvalue weighted by molar-refractivity contribution is -0.127. The lowest BCUT2D eigenvalue weighted by Crippen LogP contribution is -2.34. The molecule has 2 aromatic rings. The molecule has 1 aromatic carbocycles. The Morgan fingerprint density at radius 3 is 2.92 bits per heavy atom. The molecule has 0 saturated carbocycles. The van der Waals surface area contributed by atoms with E-state index in [4.69, 9.17) is 14.5 Å². The van der Waals surface area contributed by atoms with Crippen LogP contribution in [-0.2, 0) is 20.7 Å². The molecule has 1 N–H and O–H groups in total. The molecule has 1 amide bonds. The predicted octanol–water partition coefficient (Wildman–Crippen LogP) is 2.30. The number of nitrogens with zero attached hydrogens (tertiary/aromatic N) is 2. The summed E-state index contributed by atoms with van der Waals surface area (Å²) in [4.78, 5) is 21.3. The average molecular weight is 341 g/mol. The number of ether oxygens (including phenoxy) is 2. The standard InChI is InChI=1S/C19H23N3O3/c1-24-10-11-25-13-18(23)21-16-8-5-9-17-15(16)12-20-19(22-17)14-6-3-2-4-7-14/h2-4,6-7,12,16H,5,8-11,13H2,1H3,(H,21,23). The van der Waals surface area contributed by atoms with Crippen LogP contribution >= 0.6 is 0 Å². The van der Waals surface area contributed by atoms with E-state index in [9.17, 15) is 4.79 Å². The lowest BCUT2D eigenvalue weighted by Gasteiger charge is -2.25.